The van der Waals surface area contributed by atoms with Crippen LogP contribution in [0.1, 0.15) is 70.6 Å². The van der Waals surface area contributed by atoms with Crippen molar-refractivity contribution in [3.63, 3.8) is 0 Å². The van der Waals surface area contributed by atoms with Gasteiger partial charge in [0.1, 0.15) is 0 Å². The van der Waals surface area contributed by atoms with E-state index in [4.69, 9.17) is 0 Å². The SMILES string of the molecule is [CH3][Sn]([CH3])([CH3])/[CH]=C/[C@@H]1[C@H]2CCCC[C@@H]2C[C@@H]1N(CCCN([C@H]1C[C@H]2CCCC[C@@H]2[C@H]1/C=C/I)S(=O)(=O)C(F)(F)F)S(=O)(=O)C(F)(F)F. The van der Waals surface area contributed by atoms with Crippen LogP contribution in [-0.4, -0.2) is 80.0 Å². The van der Waals surface area contributed by atoms with Crippen molar-refractivity contribution < 1.29 is 43.2 Å². The summed E-state index contributed by atoms with van der Waals surface area (Å²) in [7, 11) is -11.7. The van der Waals surface area contributed by atoms with E-state index in [0.717, 1.165) is 51.4 Å². The number of hydrogen-bond acceptors (Lipinski definition) is 4. The standard InChI is InChI=1S/C27H38F6IN2O4S2.3CH3.Sn/c1-2-20-21-10-5-3-8-18(21)16-24(20)35(41(37,38)26(28,29)30)14-7-15-36(42(39,40)27(31,32)33)25-17-19-9-4-6-11-22(19)23(25)12-13-34;;;;/h1-2,12-13,18-25H,3-11,14-17H2;3*1H3;/b2-1?,13-12+;;;;/t18-,19-,20-,21+,22+,23-,24+,25+;;;;/m1..../s1. The fraction of sp³-hybridized carbons (Fsp3) is 0.867. The number of nitrogens with zero attached hydrogens (tertiary/aromatic N) is 2. The first kappa shape index (κ1) is 39.2. The van der Waals surface area contributed by atoms with Crippen molar-refractivity contribution in [3.8, 4) is 0 Å². The molecule has 16 heteroatoms. The van der Waals surface area contributed by atoms with Gasteiger partial charge in [0.15, 0.2) is 0 Å². The number of fused-ring (bicyclic) bond motifs is 2. The van der Waals surface area contributed by atoms with Crippen molar-refractivity contribution in [1.29, 1.82) is 0 Å². The zero-order valence-electron chi connectivity index (χ0n) is 26.6. The summed E-state index contributed by atoms with van der Waals surface area (Å²) < 4.78 is 142. The van der Waals surface area contributed by atoms with Crippen molar-refractivity contribution in [3.05, 3.63) is 20.3 Å². The number of rotatable bonds is 11. The second kappa shape index (κ2) is 14.9. The minimum absolute atomic E-state index is 0.0142. The van der Waals surface area contributed by atoms with Gasteiger partial charge in [0.2, 0.25) is 0 Å². The summed E-state index contributed by atoms with van der Waals surface area (Å²) in [5, 5.41) is 0. The second-order valence-electron chi connectivity index (χ2n) is 14.7. The quantitative estimate of drug-likeness (QED) is 0.119. The molecule has 6 nitrogen and oxygen atoms in total. The second-order valence-corrected chi connectivity index (χ2v) is 33.6. The van der Waals surface area contributed by atoms with E-state index in [1.165, 1.54) is 0 Å². The Kier molecular flexibility index (Phi) is 12.7. The van der Waals surface area contributed by atoms with Crippen LogP contribution in [0.3, 0.4) is 0 Å². The molecule has 0 unspecified atom stereocenters. The summed E-state index contributed by atoms with van der Waals surface area (Å²) >= 11 is -0.613. The van der Waals surface area contributed by atoms with Crippen LogP contribution in [0.25, 0.3) is 0 Å². The first-order chi connectivity index (χ1) is 21.2. The molecule has 0 spiro atoms. The molecule has 0 aliphatic heterocycles. The number of hydrogen-bond donors (Lipinski definition) is 0. The van der Waals surface area contributed by atoms with Crippen LogP contribution in [-0.2, 0) is 20.0 Å². The van der Waals surface area contributed by atoms with Crippen LogP contribution >= 0.6 is 22.6 Å². The van der Waals surface area contributed by atoms with Crippen LogP contribution in [0.5, 0.6) is 0 Å². The summed E-state index contributed by atoms with van der Waals surface area (Å²) in [6.45, 7) is -1.44. The van der Waals surface area contributed by atoms with Crippen molar-refractivity contribution in [2.75, 3.05) is 13.1 Å². The predicted molar refractivity (Wildman–Crippen MR) is 178 cm³/mol. The Morgan fingerprint density at radius 1 is 0.696 bits per heavy atom. The van der Waals surface area contributed by atoms with Gasteiger partial charge in [-0.3, -0.25) is 0 Å². The summed E-state index contributed by atoms with van der Waals surface area (Å²) in [6, 6.07) is -2.01. The monoisotopic (exact) mass is 924 g/mol. The maximum absolute atomic E-state index is 14.2. The fourth-order valence-electron chi connectivity index (χ4n) is 8.80. The third-order valence-corrected chi connectivity index (χ3v) is 17.8. The first-order valence-corrected chi connectivity index (χ1v) is 30.7. The average Bonchev–Trinajstić information content (AvgIpc) is 3.48. The molecule has 0 saturated heterocycles. The van der Waals surface area contributed by atoms with Gasteiger partial charge in [0, 0.05) is 0 Å². The van der Waals surface area contributed by atoms with Crippen LogP contribution < -0.4 is 0 Å². The third kappa shape index (κ3) is 8.47. The molecule has 4 fully saturated rings. The van der Waals surface area contributed by atoms with Crippen LogP contribution in [0, 0.1) is 35.5 Å². The van der Waals surface area contributed by atoms with Gasteiger partial charge in [0.25, 0.3) is 0 Å². The molecule has 0 bridgehead atoms. The minimum atomic E-state index is -5.85. The Hall–Kier alpha value is 0.409. The fourth-order valence-corrected chi connectivity index (χ4v) is 14.0. The summed E-state index contributed by atoms with van der Waals surface area (Å²) in [4.78, 5) is 6.44. The summed E-state index contributed by atoms with van der Waals surface area (Å²) in [6.07, 6.45) is 10.4. The van der Waals surface area contributed by atoms with E-state index in [-0.39, 0.29) is 36.5 Å². The van der Waals surface area contributed by atoms with Gasteiger partial charge in [-0.2, -0.15) is 0 Å². The Labute approximate surface area is 288 Å². The van der Waals surface area contributed by atoms with Gasteiger partial charge < -0.3 is 0 Å². The molecule has 4 saturated carbocycles. The van der Waals surface area contributed by atoms with E-state index in [2.05, 4.69) is 18.9 Å². The predicted octanol–water partition coefficient (Wildman–Crippen LogP) is 8.45. The Morgan fingerprint density at radius 3 is 1.46 bits per heavy atom. The molecule has 0 radical (unpaired) electrons. The van der Waals surface area contributed by atoms with Gasteiger partial charge >= 0.3 is 238 Å². The zero-order valence-corrected chi connectivity index (χ0v) is 33.3. The van der Waals surface area contributed by atoms with Crippen LogP contribution in [0.2, 0.25) is 14.8 Å². The molecule has 266 valence electrons. The molecule has 0 amide bonds. The molecule has 4 aliphatic carbocycles. The Balaban J connectivity index is 1.68. The van der Waals surface area contributed by atoms with Crippen molar-refractivity contribution in [1.82, 2.24) is 8.61 Å². The van der Waals surface area contributed by atoms with E-state index in [0.29, 0.717) is 8.61 Å². The Bertz CT molecular complexity index is 1340. The summed E-state index contributed by atoms with van der Waals surface area (Å²) in [5.41, 5.74) is -11.2. The van der Waals surface area contributed by atoms with Crippen molar-refractivity contribution >= 4 is 61.0 Å². The van der Waals surface area contributed by atoms with E-state index < -0.39 is 92.9 Å². The van der Waals surface area contributed by atoms with Gasteiger partial charge in [-0.1, -0.05) is 41.9 Å². The molecule has 0 aromatic rings. The molecule has 0 heterocycles. The molecular weight excluding hydrogens is 876 g/mol. The topological polar surface area (TPSA) is 74.8 Å². The van der Waals surface area contributed by atoms with E-state index in [9.17, 15) is 43.2 Å². The molecule has 8 atom stereocenters. The average molecular weight is 923 g/mol. The van der Waals surface area contributed by atoms with Gasteiger partial charge in [-0.25, -0.2) is 0 Å². The number of halogens is 7. The molecule has 0 N–H and O–H groups in total. The maximum atomic E-state index is 14.2. The number of sulfonamides is 2. The first-order valence-electron chi connectivity index (χ1n) is 16.3. The van der Waals surface area contributed by atoms with Gasteiger partial charge in [-0.05, 0) is 10.5 Å². The molecule has 0 aromatic carbocycles. The summed E-state index contributed by atoms with van der Waals surface area (Å²) in [5.74, 6) is -0.763. The van der Waals surface area contributed by atoms with E-state index in [1.54, 1.807) is 10.2 Å². The van der Waals surface area contributed by atoms with Gasteiger partial charge in [0.05, 0.1) is 0 Å². The van der Waals surface area contributed by atoms with Crippen molar-refractivity contribution in [2.24, 2.45) is 35.5 Å². The van der Waals surface area contributed by atoms with Crippen LogP contribution in [0.4, 0.5) is 26.3 Å². The number of alkyl halides is 6. The zero-order chi connectivity index (χ0) is 34.3. The molecule has 4 rings (SSSR count). The van der Waals surface area contributed by atoms with E-state index >= 15 is 0 Å². The Morgan fingerprint density at radius 2 is 1.09 bits per heavy atom. The van der Waals surface area contributed by atoms with Crippen molar-refractivity contribution in [2.45, 2.75) is 109 Å². The van der Waals surface area contributed by atoms with E-state index in [1.807, 2.05) is 28.7 Å². The third-order valence-electron chi connectivity index (χ3n) is 10.7. The van der Waals surface area contributed by atoms with Gasteiger partial charge in [-0.15, -0.1) is 0 Å². The molecule has 46 heavy (non-hydrogen) atoms. The van der Waals surface area contributed by atoms with Crippen LogP contribution in [0.15, 0.2) is 20.3 Å². The molecule has 4 aliphatic rings. The molecular formula is C30H47F6IN2O4S2Sn. The molecule has 0 aromatic heterocycles. The normalized spacial score (nSPS) is 33.4.